The lowest BCUT2D eigenvalue weighted by atomic mass is 10.4. The highest BCUT2D eigenvalue weighted by atomic mass is 35.5. The Balaban J connectivity index is 2.11. The molecule has 0 aliphatic carbocycles. The molecule has 0 radical (unpaired) electrons. The van der Waals surface area contributed by atoms with Gasteiger partial charge in [0.2, 0.25) is 0 Å². The Morgan fingerprint density at radius 3 is 2.53 bits per heavy atom. The molecule has 0 spiro atoms. The van der Waals surface area contributed by atoms with Crippen LogP contribution in [0.2, 0.25) is 5.02 Å². The molecule has 0 aliphatic heterocycles. The monoisotopic (exact) mass is 288 g/mol. The molecule has 0 amide bonds. The summed E-state index contributed by atoms with van der Waals surface area (Å²) < 4.78 is 0. The summed E-state index contributed by atoms with van der Waals surface area (Å²) in [6.07, 6.45) is 1.08. The summed E-state index contributed by atoms with van der Waals surface area (Å²) in [4.78, 5) is 1.23. The second-order valence-corrected chi connectivity index (χ2v) is 5.50. The lowest BCUT2D eigenvalue weighted by Crippen LogP contribution is -2.36. The maximum absolute atomic E-state index is 5.82. The Bertz CT molecular complexity index is 341. The Kier molecular flexibility index (Phi) is 7.40. The Morgan fingerprint density at radius 2 is 1.88 bits per heavy atom. The van der Waals surface area contributed by atoms with Gasteiger partial charge >= 0.3 is 0 Å². The second kappa shape index (κ2) is 8.61. The Hall–Kier alpha value is -0.450. The van der Waals surface area contributed by atoms with Gasteiger partial charge in [-0.1, -0.05) is 18.5 Å². The third kappa shape index (κ3) is 6.76. The van der Waals surface area contributed by atoms with E-state index < -0.39 is 0 Å². The van der Waals surface area contributed by atoms with E-state index in [0.717, 1.165) is 35.4 Å². The van der Waals surface area contributed by atoms with Gasteiger partial charge in [0.15, 0.2) is 5.11 Å². The SMILES string of the molecule is CCCNC(=S)NCCSc1ccc(Cl)cc1. The largest absolute Gasteiger partial charge is 0.363 e. The van der Waals surface area contributed by atoms with Crippen LogP contribution in [-0.2, 0) is 0 Å². The highest BCUT2D eigenvalue weighted by Crippen LogP contribution is 2.19. The van der Waals surface area contributed by atoms with Crippen molar-refractivity contribution in [2.24, 2.45) is 0 Å². The van der Waals surface area contributed by atoms with E-state index in [0.29, 0.717) is 0 Å². The highest BCUT2D eigenvalue weighted by Gasteiger charge is 1.96. The van der Waals surface area contributed by atoms with Gasteiger partial charge in [0.25, 0.3) is 0 Å². The van der Waals surface area contributed by atoms with Crippen molar-refractivity contribution in [1.29, 1.82) is 0 Å². The van der Waals surface area contributed by atoms with Crippen molar-refractivity contribution in [2.75, 3.05) is 18.8 Å². The number of nitrogens with one attached hydrogen (secondary N) is 2. The fourth-order valence-electron chi connectivity index (χ4n) is 1.17. The van der Waals surface area contributed by atoms with Gasteiger partial charge in [-0.25, -0.2) is 0 Å². The summed E-state index contributed by atoms with van der Waals surface area (Å²) >= 11 is 12.7. The molecule has 0 saturated carbocycles. The number of hydrogen-bond acceptors (Lipinski definition) is 2. The zero-order valence-corrected chi connectivity index (χ0v) is 12.2. The van der Waals surface area contributed by atoms with E-state index in [9.17, 15) is 0 Å². The molecular formula is C12H17ClN2S2. The van der Waals surface area contributed by atoms with E-state index >= 15 is 0 Å². The molecule has 17 heavy (non-hydrogen) atoms. The van der Waals surface area contributed by atoms with Crippen LogP contribution in [-0.4, -0.2) is 24.0 Å². The molecule has 0 aliphatic rings. The first kappa shape index (κ1) is 14.6. The molecule has 0 saturated heterocycles. The Morgan fingerprint density at radius 1 is 1.24 bits per heavy atom. The van der Waals surface area contributed by atoms with Gasteiger partial charge in [0, 0.05) is 28.8 Å². The van der Waals surface area contributed by atoms with Crippen LogP contribution in [0.5, 0.6) is 0 Å². The van der Waals surface area contributed by atoms with Crippen LogP contribution in [0.25, 0.3) is 0 Å². The van der Waals surface area contributed by atoms with Gasteiger partial charge in [0.1, 0.15) is 0 Å². The van der Waals surface area contributed by atoms with Crippen LogP contribution >= 0.6 is 35.6 Å². The van der Waals surface area contributed by atoms with Crippen LogP contribution in [0.1, 0.15) is 13.3 Å². The van der Waals surface area contributed by atoms with Gasteiger partial charge < -0.3 is 10.6 Å². The highest BCUT2D eigenvalue weighted by molar-refractivity contribution is 7.99. The molecule has 0 aromatic heterocycles. The quantitative estimate of drug-likeness (QED) is 0.476. The minimum atomic E-state index is 0.739. The van der Waals surface area contributed by atoms with Crippen molar-refractivity contribution < 1.29 is 0 Å². The number of thioether (sulfide) groups is 1. The van der Waals surface area contributed by atoms with Crippen LogP contribution in [0.15, 0.2) is 29.2 Å². The van der Waals surface area contributed by atoms with Gasteiger partial charge in [-0.3, -0.25) is 0 Å². The van der Waals surface area contributed by atoms with Crippen LogP contribution < -0.4 is 10.6 Å². The molecule has 0 unspecified atom stereocenters. The number of thiocarbonyl (C=S) groups is 1. The normalized spacial score (nSPS) is 10.0. The smallest absolute Gasteiger partial charge is 0.166 e. The van der Waals surface area contributed by atoms with Crippen molar-refractivity contribution in [1.82, 2.24) is 10.6 Å². The molecule has 1 aromatic rings. The van der Waals surface area contributed by atoms with Crippen LogP contribution in [0.4, 0.5) is 0 Å². The minimum Gasteiger partial charge on any atom is -0.363 e. The zero-order chi connectivity index (χ0) is 12.5. The van der Waals surface area contributed by atoms with Gasteiger partial charge in [0.05, 0.1) is 0 Å². The van der Waals surface area contributed by atoms with Crippen LogP contribution in [0.3, 0.4) is 0 Å². The third-order valence-corrected chi connectivity index (χ3v) is 3.56. The summed E-state index contributed by atoms with van der Waals surface area (Å²) in [7, 11) is 0. The lowest BCUT2D eigenvalue weighted by molar-refractivity contribution is 0.813. The average molecular weight is 289 g/mol. The van der Waals surface area contributed by atoms with Gasteiger partial charge in [-0.15, -0.1) is 11.8 Å². The fourth-order valence-corrected chi connectivity index (χ4v) is 2.26. The third-order valence-electron chi connectivity index (χ3n) is 2.01. The van der Waals surface area contributed by atoms with Crippen molar-refractivity contribution in [3.05, 3.63) is 29.3 Å². The lowest BCUT2D eigenvalue weighted by Gasteiger charge is -2.09. The molecule has 94 valence electrons. The molecule has 0 bridgehead atoms. The summed E-state index contributed by atoms with van der Waals surface area (Å²) in [5.41, 5.74) is 0. The molecule has 1 aromatic carbocycles. The van der Waals surface area contributed by atoms with Crippen molar-refractivity contribution >= 4 is 40.7 Å². The summed E-state index contributed by atoms with van der Waals surface area (Å²) in [6, 6.07) is 7.87. The van der Waals surface area contributed by atoms with E-state index in [1.165, 1.54) is 4.90 Å². The predicted octanol–water partition coefficient (Wildman–Crippen LogP) is 3.31. The van der Waals surface area contributed by atoms with Crippen molar-refractivity contribution in [3.8, 4) is 0 Å². The number of halogens is 1. The standard InChI is InChI=1S/C12H17ClN2S2/c1-2-7-14-12(16)15-8-9-17-11-5-3-10(13)4-6-11/h3-6H,2,7-9H2,1H3,(H2,14,15,16). The number of rotatable bonds is 6. The molecule has 0 atom stereocenters. The van der Waals surface area contributed by atoms with E-state index in [2.05, 4.69) is 17.6 Å². The summed E-state index contributed by atoms with van der Waals surface area (Å²) in [6.45, 7) is 3.91. The van der Waals surface area contributed by atoms with E-state index in [1.807, 2.05) is 24.3 Å². The molecule has 2 N–H and O–H groups in total. The fraction of sp³-hybridized carbons (Fsp3) is 0.417. The first-order chi connectivity index (χ1) is 8.22. The maximum Gasteiger partial charge on any atom is 0.166 e. The number of benzene rings is 1. The maximum atomic E-state index is 5.82. The topological polar surface area (TPSA) is 24.1 Å². The Labute approximate surface area is 118 Å². The zero-order valence-electron chi connectivity index (χ0n) is 9.83. The van der Waals surface area contributed by atoms with Gasteiger partial charge in [-0.05, 0) is 42.9 Å². The minimum absolute atomic E-state index is 0.739. The molecular weight excluding hydrogens is 272 g/mol. The molecule has 2 nitrogen and oxygen atoms in total. The molecule has 0 heterocycles. The van der Waals surface area contributed by atoms with Crippen molar-refractivity contribution in [3.63, 3.8) is 0 Å². The summed E-state index contributed by atoms with van der Waals surface area (Å²) in [5, 5.41) is 7.82. The van der Waals surface area contributed by atoms with Gasteiger partial charge in [-0.2, -0.15) is 0 Å². The average Bonchev–Trinajstić information content (AvgIpc) is 2.34. The molecule has 1 rings (SSSR count). The first-order valence-electron chi connectivity index (χ1n) is 5.62. The van der Waals surface area contributed by atoms with E-state index in [-0.39, 0.29) is 0 Å². The summed E-state index contributed by atoms with van der Waals surface area (Å²) in [5.74, 6) is 0.982. The first-order valence-corrected chi connectivity index (χ1v) is 7.39. The van der Waals surface area contributed by atoms with E-state index in [4.69, 9.17) is 23.8 Å². The van der Waals surface area contributed by atoms with Crippen LogP contribution in [0, 0.1) is 0 Å². The predicted molar refractivity (Wildman–Crippen MR) is 81.1 cm³/mol. The van der Waals surface area contributed by atoms with E-state index in [1.54, 1.807) is 11.8 Å². The number of hydrogen-bond donors (Lipinski definition) is 2. The van der Waals surface area contributed by atoms with Crippen molar-refractivity contribution in [2.45, 2.75) is 18.2 Å². The molecule has 5 heteroatoms. The molecule has 0 fully saturated rings. The second-order valence-electron chi connectivity index (χ2n) is 3.49.